The molecule has 0 N–H and O–H groups in total. The molecule has 0 amide bonds. The zero-order valence-electron chi connectivity index (χ0n) is 11.2. The van der Waals surface area contributed by atoms with Gasteiger partial charge in [0.05, 0.1) is 0 Å². The average molecular weight is 233 g/mol. The highest BCUT2D eigenvalue weighted by molar-refractivity contribution is 5.47. The van der Waals surface area contributed by atoms with Crippen molar-refractivity contribution < 1.29 is 0 Å². The second-order valence-corrected chi connectivity index (χ2v) is 5.00. The highest BCUT2D eigenvalue weighted by atomic mass is 15.2. The van der Waals surface area contributed by atoms with Crippen LogP contribution in [-0.2, 0) is 0 Å². The number of pyridine rings is 1. The first-order valence-corrected chi connectivity index (χ1v) is 6.60. The van der Waals surface area contributed by atoms with Crippen LogP contribution in [0.5, 0.6) is 0 Å². The number of aromatic nitrogens is 1. The summed E-state index contributed by atoms with van der Waals surface area (Å²) in [6.45, 7) is 4.69. The second-order valence-electron chi connectivity index (χ2n) is 5.00. The summed E-state index contributed by atoms with van der Waals surface area (Å²) in [5, 5.41) is 0. The van der Waals surface area contributed by atoms with Crippen LogP contribution >= 0.6 is 0 Å². The van der Waals surface area contributed by atoms with Crippen molar-refractivity contribution in [2.75, 3.05) is 32.1 Å². The monoisotopic (exact) mass is 233 g/mol. The zero-order chi connectivity index (χ0) is 12.3. The molecule has 17 heavy (non-hydrogen) atoms. The lowest BCUT2D eigenvalue weighted by Crippen LogP contribution is -2.26. The molecule has 1 aliphatic heterocycles. The Labute approximate surface area is 104 Å². The highest BCUT2D eigenvalue weighted by Gasteiger charge is 2.27. The maximum atomic E-state index is 4.52. The summed E-state index contributed by atoms with van der Waals surface area (Å²) in [6.07, 6.45) is 5.70. The minimum absolute atomic E-state index is 0.570. The molecule has 1 fully saturated rings. The molecular weight excluding hydrogens is 210 g/mol. The first-order valence-electron chi connectivity index (χ1n) is 6.60. The molecule has 1 aromatic heterocycles. The fourth-order valence-corrected chi connectivity index (χ4v) is 2.78. The molecule has 0 unspecified atom stereocenters. The Morgan fingerprint density at radius 3 is 3.00 bits per heavy atom. The standard InChI is InChI=1S/C14H23N3/c1-4-10-17-11-6-8-13(17)12-7-5-9-15-14(12)16(2)3/h5,7,9,13H,4,6,8,10-11H2,1-3H3/t13-/m1/s1. The van der Waals surface area contributed by atoms with E-state index in [9.17, 15) is 0 Å². The lowest BCUT2D eigenvalue weighted by atomic mass is 10.0. The molecule has 0 spiro atoms. The number of hydrogen-bond acceptors (Lipinski definition) is 3. The molecule has 0 aliphatic carbocycles. The van der Waals surface area contributed by atoms with E-state index in [4.69, 9.17) is 0 Å². The van der Waals surface area contributed by atoms with E-state index in [1.54, 1.807) is 0 Å². The van der Waals surface area contributed by atoms with E-state index >= 15 is 0 Å². The van der Waals surface area contributed by atoms with Crippen LogP contribution in [0, 0.1) is 0 Å². The molecular formula is C14H23N3. The van der Waals surface area contributed by atoms with E-state index in [-0.39, 0.29) is 0 Å². The van der Waals surface area contributed by atoms with E-state index in [1.807, 2.05) is 6.20 Å². The third-order valence-corrected chi connectivity index (χ3v) is 3.47. The fourth-order valence-electron chi connectivity index (χ4n) is 2.78. The second kappa shape index (κ2) is 5.50. The van der Waals surface area contributed by atoms with Crippen molar-refractivity contribution in [3.05, 3.63) is 23.9 Å². The third kappa shape index (κ3) is 2.60. The molecule has 0 saturated carbocycles. The molecule has 0 aromatic carbocycles. The normalized spacial score (nSPS) is 20.8. The van der Waals surface area contributed by atoms with Crippen LogP contribution in [0.2, 0.25) is 0 Å². The minimum Gasteiger partial charge on any atom is -0.362 e. The van der Waals surface area contributed by atoms with Gasteiger partial charge in [-0.3, -0.25) is 4.90 Å². The minimum atomic E-state index is 0.570. The van der Waals surface area contributed by atoms with Gasteiger partial charge in [-0.25, -0.2) is 4.98 Å². The molecule has 1 saturated heterocycles. The zero-order valence-corrected chi connectivity index (χ0v) is 11.2. The van der Waals surface area contributed by atoms with Crippen LogP contribution in [0.3, 0.4) is 0 Å². The molecule has 2 heterocycles. The van der Waals surface area contributed by atoms with Crippen LogP contribution < -0.4 is 4.90 Å². The van der Waals surface area contributed by atoms with E-state index in [1.165, 1.54) is 37.9 Å². The number of likely N-dealkylation sites (tertiary alicyclic amines) is 1. The summed E-state index contributed by atoms with van der Waals surface area (Å²) in [7, 11) is 4.15. The molecule has 0 radical (unpaired) electrons. The van der Waals surface area contributed by atoms with E-state index in [0.29, 0.717) is 6.04 Å². The molecule has 3 nitrogen and oxygen atoms in total. The van der Waals surface area contributed by atoms with Gasteiger partial charge in [-0.2, -0.15) is 0 Å². The van der Waals surface area contributed by atoms with E-state index < -0.39 is 0 Å². The van der Waals surface area contributed by atoms with Gasteiger partial charge >= 0.3 is 0 Å². The van der Waals surface area contributed by atoms with Crippen molar-refractivity contribution in [2.24, 2.45) is 0 Å². The maximum absolute atomic E-state index is 4.52. The third-order valence-electron chi connectivity index (χ3n) is 3.47. The maximum Gasteiger partial charge on any atom is 0.132 e. The predicted octanol–water partition coefficient (Wildman–Crippen LogP) is 2.69. The first-order chi connectivity index (χ1) is 8.24. The summed E-state index contributed by atoms with van der Waals surface area (Å²) >= 11 is 0. The summed E-state index contributed by atoms with van der Waals surface area (Å²) in [5.74, 6) is 1.13. The summed E-state index contributed by atoms with van der Waals surface area (Å²) < 4.78 is 0. The molecule has 3 heteroatoms. The molecule has 94 valence electrons. The Morgan fingerprint density at radius 1 is 1.47 bits per heavy atom. The van der Waals surface area contributed by atoms with Gasteiger partial charge in [0.2, 0.25) is 0 Å². The smallest absolute Gasteiger partial charge is 0.132 e. The van der Waals surface area contributed by atoms with Crippen LogP contribution in [0.1, 0.15) is 37.8 Å². The Hall–Kier alpha value is -1.09. The summed E-state index contributed by atoms with van der Waals surface area (Å²) in [6, 6.07) is 4.87. The summed E-state index contributed by atoms with van der Waals surface area (Å²) in [5.41, 5.74) is 1.39. The van der Waals surface area contributed by atoms with Gasteiger partial charge < -0.3 is 4.90 Å². The van der Waals surface area contributed by atoms with Gasteiger partial charge in [-0.05, 0) is 38.4 Å². The quantitative estimate of drug-likeness (QED) is 0.797. The van der Waals surface area contributed by atoms with Gasteiger partial charge in [0.1, 0.15) is 5.82 Å². The number of hydrogen-bond donors (Lipinski definition) is 0. The van der Waals surface area contributed by atoms with Gasteiger partial charge in [0.25, 0.3) is 0 Å². The van der Waals surface area contributed by atoms with Gasteiger partial charge in [-0.15, -0.1) is 0 Å². The largest absolute Gasteiger partial charge is 0.362 e. The molecule has 1 aromatic rings. The molecule has 1 aliphatic rings. The Bertz CT molecular complexity index is 362. The Balaban J connectivity index is 2.26. The van der Waals surface area contributed by atoms with Crippen LogP contribution in [0.25, 0.3) is 0 Å². The fraction of sp³-hybridized carbons (Fsp3) is 0.643. The lowest BCUT2D eigenvalue weighted by molar-refractivity contribution is 0.258. The SMILES string of the molecule is CCCN1CCC[C@@H]1c1cccnc1N(C)C. The number of nitrogens with zero attached hydrogens (tertiary/aromatic N) is 3. The topological polar surface area (TPSA) is 19.4 Å². The average Bonchev–Trinajstić information content (AvgIpc) is 2.77. The predicted molar refractivity (Wildman–Crippen MR) is 72.4 cm³/mol. The number of anilines is 1. The van der Waals surface area contributed by atoms with Crippen molar-refractivity contribution >= 4 is 5.82 Å². The Morgan fingerprint density at radius 2 is 2.29 bits per heavy atom. The van der Waals surface area contributed by atoms with Crippen LogP contribution in [-0.4, -0.2) is 37.1 Å². The van der Waals surface area contributed by atoms with Crippen molar-refractivity contribution in [1.29, 1.82) is 0 Å². The van der Waals surface area contributed by atoms with Gasteiger partial charge in [-0.1, -0.05) is 13.0 Å². The summed E-state index contributed by atoms with van der Waals surface area (Å²) in [4.78, 5) is 9.24. The molecule has 0 bridgehead atoms. The van der Waals surface area contributed by atoms with Crippen molar-refractivity contribution in [1.82, 2.24) is 9.88 Å². The van der Waals surface area contributed by atoms with E-state index in [2.05, 4.69) is 47.9 Å². The van der Waals surface area contributed by atoms with Crippen molar-refractivity contribution in [3.63, 3.8) is 0 Å². The van der Waals surface area contributed by atoms with E-state index in [0.717, 1.165) is 5.82 Å². The highest BCUT2D eigenvalue weighted by Crippen LogP contribution is 2.35. The molecule has 2 rings (SSSR count). The van der Waals surface area contributed by atoms with Crippen molar-refractivity contribution in [3.8, 4) is 0 Å². The van der Waals surface area contributed by atoms with Gasteiger partial charge in [0, 0.05) is 31.9 Å². The van der Waals surface area contributed by atoms with Crippen molar-refractivity contribution in [2.45, 2.75) is 32.2 Å². The molecule has 1 atom stereocenters. The van der Waals surface area contributed by atoms with Crippen LogP contribution in [0.4, 0.5) is 5.82 Å². The Kier molecular flexibility index (Phi) is 4.00. The van der Waals surface area contributed by atoms with Crippen LogP contribution in [0.15, 0.2) is 18.3 Å². The first kappa shape index (κ1) is 12.4. The van der Waals surface area contributed by atoms with Gasteiger partial charge in [0.15, 0.2) is 0 Å². The lowest BCUT2D eigenvalue weighted by Gasteiger charge is -2.27. The number of rotatable bonds is 4.